The summed E-state index contributed by atoms with van der Waals surface area (Å²) in [7, 11) is 3.38. The number of hydrogen-bond acceptors (Lipinski definition) is 5. The van der Waals surface area contributed by atoms with Gasteiger partial charge in [0.1, 0.15) is 11.5 Å². The van der Waals surface area contributed by atoms with Crippen LogP contribution in [0.1, 0.15) is 51.9 Å². The number of ether oxygens (including phenoxy) is 3. The van der Waals surface area contributed by atoms with Gasteiger partial charge in [-0.1, -0.05) is 28.1 Å². The topological polar surface area (TPSA) is 56.8 Å². The van der Waals surface area contributed by atoms with Gasteiger partial charge in [0.15, 0.2) is 0 Å². The smallest absolute Gasteiger partial charge is 0.340 e. The van der Waals surface area contributed by atoms with Gasteiger partial charge in [-0.05, 0) is 110 Å². The first-order valence-corrected chi connectivity index (χ1v) is 12.7. The molecule has 190 valence electrons. The maximum absolute atomic E-state index is 12.9. The lowest BCUT2D eigenvalue weighted by molar-refractivity contribution is -0.136. The third kappa shape index (κ3) is 6.11. The summed E-state index contributed by atoms with van der Waals surface area (Å²) in [5, 5.41) is 3.53. The van der Waals surface area contributed by atoms with Crippen molar-refractivity contribution >= 4 is 27.5 Å². The molecule has 0 unspecified atom stereocenters. The standard InChI is InChI=1S/C30H34BrNO4/c1-8-36-30(33)26(22-9-11-25(31)12-10-22)17-32-27(23-13-18(2)28(34-6)19(3)14-23)24-15-20(4)29(35-7)21(5)16-24/h9-17,27,32H,8H2,1-7H3/b26-17+. The molecule has 3 aromatic rings. The van der Waals surface area contributed by atoms with Crippen molar-refractivity contribution in [1.29, 1.82) is 0 Å². The number of rotatable bonds is 9. The molecule has 5 nitrogen and oxygen atoms in total. The Kier molecular flexibility index (Phi) is 9.21. The van der Waals surface area contributed by atoms with Gasteiger partial charge in [-0.2, -0.15) is 0 Å². The van der Waals surface area contributed by atoms with Gasteiger partial charge in [0, 0.05) is 10.7 Å². The number of esters is 1. The zero-order valence-corrected chi connectivity index (χ0v) is 23.6. The SMILES string of the molecule is CCOC(=O)/C(=C/NC(c1cc(C)c(OC)c(C)c1)c1cc(C)c(OC)c(C)c1)c1ccc(Br)cc1. The first-order chi connectivity index (χ1) is 17.2. The summed E-state index contributed by atoms with van der Waals surface area (Å²) in [6, 6.07) is 15.9. The zero-order valence-electron chi connectivity index (χ0n) is 22.0. The van der Waals surface area contributed by atoms with Gasteiger partial charge in [-0.3, -0.25) is 0 Å². The Morgan fingerprint density at radius 3 is 1.69 bits per heavy atom. The van der Waals surface area contributed by atoms with E-state index in [0.29, 0.717) is 12.2 Å². The van der Waals surface area contributed by atoms with E-state index in [4.69, 9.17) is 14.2 Å². The molecule has 0 saturated heterocycles. The first-order valence-electron chi connectivity index (χ1n) is 11.9. The van der Waals surface area contributed by atoms with Crippen molar-refractivity contribution in [2.75, 3.05) is 20.8 Å². The first kappa shape index (κ1) is 27.3. The van der Waals surface area contributed by atoms with E-state index in [1.807, 2.05) is 52.0 Å². The molecule has 0 bridgehead atoms. The molecule has 0 aliphatic carbocycles. The second-order valence-electron chi connectivity index (χ2n) is 8.76. The Morgan fingerprint density at radius 2 is 1.31 bits per heavy atom. The number of hydrogen-bond donors (Lipinski definition) is 1. The van der Waals surface area contributed by atoms with E-state index < -0.39 is 0 Å². The summed E-state index contributed by atoms with van der Waals surface area (Å²) in [4.78, 5) is 12.9. The molecule has 0 fully saturated rings. The molecule has 0 aromatic heterocycles. The second kappa shape index (κ2) is 12.1. The summed E-state index contributed by atoms with van der Waals surface area (Å²) in [5.41, 5.74) is 7.53. The minimum absolute atomic E-state index is 0.225. The van der Waals surface area contributed by atoms with Crippen LogP contribution in [0, 0.1) is 27.7 Å². The van der Waals surface area contributed by atoms with Crippen molar-refractivity contribution in [2.45, 2.75) is 40.7 Å². The number of benzene rings is 3. The molecular formula is C30H34BrNO4. The van der Waals surface area contributed by atoms with Crippen LogP contribution in [0.5, 0.6) is 11.5 Å². The zero-order chi connectivity index (χ0) is 26.4. The highest BCUT2D eigenvalue weighted by atomic mass is 79.9. The quantitative estimate of drug-likeness (QED) is 0.229. The number of nitrogens with one attached hydrogen (secondary N) is 1. The van der Waals surface area contributed by atoms with E-state index >= 15 is 0 Å². The summed E-state index contributed by atoms with van der Waals surface area (Å²) in [5.74, 6) is 1.37. The van der Waals surface area contributed by atoms with Crippen LogP contribution in [-0.4, -0.2) is 26.8 Å². The maximum Gasteiger partial charge on any atom is 0.340 e. The fourth-order valence-corrected chi connectivity index (χ4v) is 4.86. The molecule has 0 aliphatic rings. The normalized spacial score (nSPS) is 11.4. The van der Waals surface area contributed by atoms with Crippen LogP contribution >= 0.6 is 15.9 Å². The predicted molar refractivity (Wildman–Crippen MR) is 149 cm³/mol. The van der Waals surface area contributed by atoms with Crippen LogP contribution in [0.25, 0.3) is 5.57 Å². The number of aryl methyl sites for hydroxylation is 4. The molecule has 0 aliphatic heterocycles. The van der Waals surface area contributed by atoms with Gasteiger partial charge in [0.25, 0.3) is 0 Å². The second-order valence-corrected chi connectivity index (χ2v) is 9.68. The van der Waals surface area contributed by atoms with Crippen LogP contribution in [0.3, 0.4) is 0 Å². The third-order valence-corrected chi connectivity index (χ3v) is 6.61. The highest BCUT2D eigenvalue weighted by molar-refractivity contribution is 9.10. The molecule has 3 aromatic carbocycles. The van der Waals surface area contributed by atoms with Gasteiger partial charge in [0.05, 0.1) is 32.4 Å². The van der Waals surface area contributed by atoms with Crippen LogP contribution < -0.4 is 14.8 Å². The summed E-state index contributed by atoms with van der Waals surface area (Å²) in [6.45, 7) is 10.3. The van der Waals surface area contributed by atoms with Crippen LogP contribution in [0.4, 0.5) is 0 Å². The fourth-order valence-electron chi connectivity index (χ4n) is 4.59. The highest BCUT2D eigenvalue weighted by Crippen LogP contribution is 2.34. The predicted octanol–water partition coefficient (Wildman–Crippen LogP) is 6.98. The monoisotopic (exact) mass is 551 g/mol. The minimum Gasteiger partial charge on any atom is -0.496 e. The van der Waals surface area contributed by atoms with E-state index in [1.165, 1.54) is 0 Å². The Balaban J connectivity index is 2.16. The summed E-state index contributed by atoms with van der Waals surface area (Å²) in [6.07, 6.45) is 1.76. The van der Waals surface area contributed by atoms with Gasteiger partial charge in [-0.15, -0.1) is 0 Å². The van der Waals surface area contributed by atoms with E-state index in [9.17, 15) is 4.79 Å². The van der Waals surface area contributed by atoms with Gasteiger partial charge < -0.3 is 19.5 Å². The van der Waals surface area contributed by atoms with Crippen molar-refractivity contribution in [2.24, 2.45) is 0 Å². The highest BCUT2D eigenvalue weighted by Gasteiger charge is 2.20. The molecule has 0 amide bonds. The van der Waals surface area contributed by atoms with Crippen molar-refractivity contribution < 1.29 is 19.0 Å². The van der Waals surface area contributed by atoms with Crippen LogP contribution in [0.15, 0.2) is 59.2 Å². The van der Waals surface area contributed by atoms with Gasteiger partial charge in [0.2, 0.25) is 0 Å². The molecule has 1 N–H and O–H groups in total. The lowest BCUT2D eigenvalue weighted by atomic mass is 9.92. The molecule has 0 radical (unpaired) electrons. The molecule has 36 heavy (non-hydrogen) atoms. The van der Waals surface area contributed by atoms with Crippen molar-refractivity contribution in [1.82, 2.24) is 5.32 Å². The molecule has 0 spiro atoms. The third-order valence-electron chi connectivity index (χ3n) is 6.09. The van der Waals surface area contributed by atoms with E-state index in [1.54, 1.807) is 27.3 Å². The summed E-state index contributed by atoms with van der Waals surface area (Å²) >= 11 is 3.46. The number of carbonyl (C=O) groups is 1. The van der Waals surface area contributed by atoms with Crippen LogP contribution in [0.2, 0.25) is 0 Å². The lowest BCUT2D eigenvalue weighted by Crippen LogP contribution is -2.20. The number of methoxy groups -OCH3 is 2. The van der Waals surface area contributed by atoms with Crippen LogP contribution in [-0.2, 0) is 9.53 Å². The molecule has 0 atom stereocenters. The lowest BCUT2D eigenvalue weighted by Gasteiger charge is -2.23. The van der Waals surface area contributed by atoms with E-state index in [-0.39, 0.29) is 12.0 Å². The molecular weight excluding hydrogens is 518 g/mol. The maximum atomic E-state index is 12.9. The van der Waals surface area contributed by atoms with Crippen molar-refractivity contribution in [3.8, 4) is 11.5 Å². The van der Waals surface area contributed by atoms with Gasteiger partial charge in [-0.25, -0.2) is 4.79 Å². The fraction of sp³-hybridized carbons (Fsp3) is 0.300. The molecule has 0 heterocycles. The van der Waals surface area contributed by atoms with Gasteiger partial charge >= 0.3 is 5.97 Å². The molecule has 0 saturated carbocycles. The Bertz CT molecular complexity index is 1160. The number of halogens is 1. The average Bonchev–Trinajstić information content (AvgIpc) is 2.82. The van der Waals surface area contributed by atoms with Crippen molar-refractivity contribution in [3.63, 3.8) is 0 Å². The molecule has 3 rings (SSSR count). The van der Waals surface area contributed by atoms with E-state index in [2.05, 4.69) is 45.5 Å². The van der Waals surface area contributed by atoms with E-state index in [0.717, 1.165) is 54.9 Å². The number of carbonyl (C=O) groups excluding carboxylic acids is 1. The largest absolute Gasteiger partial charge is 0.496 e. The van der Waals surface area contributed by atoms with Crippen molar-refractivity contribution in [3.05, 3.63) is 98.1 Å². The average molecular weight is 553 g/mol. The summed E-state index contributed by atoms with van der Waals surface area (Å²) < 4.78 is 17.5. The Labute approximate surface area is 222 Å². The Hall–Kier alpha value is -3.25. The molecule has 6 heteroatoms. The minimum atomic E-state index is -0.379. The Morgan fingerprint density at radius 1 is 0.861 bits per heavy atom.